The van der Waals surface area contributed by atoms with E-state index in [4.69, 9.17) is 47.7 Å². The van der Waals surface area contributed by atoms with E-state index in [1.807, 2.05) is 20.8 Å². The minimum atomic E-state index is -1.95. The number of carboxylic acids is 1. The maximum Gasteiger partial charge on any atom is 0.317 e. The number of hydrogen-bond acceptors (Lipinski definition) is 25. The van der Waals surface area contributed by atoms with E-state index >= 15 is 0 Å². The van der Waals surface area contributed by atoms with Crippen molar-refractivity contribution in [1.82, 2.24) is 0 Å². The molecular formula is C57H94O26. The highest BCUT2D eigenvalue weighted by Gasteiger charge is 2.72. The van der Waals surface area contributed by atoms with Crippen molar-refractivity contribution >= 4 is 11.9 Å². The van der Waals surface area contributed by atoms with Gasteiger partial charge in [0, 0.05) is 0 Å². The number of esters is 1. The quantitative estimate of drug-likeness (QED) is 0.0283. The minimum absolute atomic E-state index is 0.00720. The first kappa shape index (κ1) is 66.7. The molecule has 0 amide bonds. The normalized spacial score (nSPS) is 49.6. The number of ether oxygens (including phenoxy) is 9. The van der Waals surface area contributed by atoms with Crippen LogP contribution in [0.4, 0.5) is 0 Å². The molecule has 0 aromatic heterocycles. The van der Waals surface area contributed by atoms with Crippen LogP contribution in [0.1, 0.15) is 120 Å². The van der Waals surface area contributed by atoms with Crippen molar-refractivity contribution in [2.45, 2.75) is 260 Å². The number of carbonyl (C=O) groups excluding carboxylic acids is 1. The Bertz CT molecular complexity index is 2240. The number of hydrogen-bond donors (Lipinski definition) is 15. The molecule has 26 heteroatoms. The van der Waals surface area contributed by atoms with E-state index in [0.717, 1.165) is 24.8 Å². The van der Waals surface area contributed by atoms with Crippen LogP contribution in [0, 0.1) is 45.3 Å². The van der Waals surface area contributed by atoms with Crippen LogP contribution in [-0.4, -0.2) is 256 Å². The fourth-order valence-electron chi connectivity index (χ4n) is 16.6. The fourth-order valence-corrected chi connectivity index (χ4v) is 16.6. The van der Waals surface area contributed by atoms with E-state index in [2.05, 4.69) is 40.7 Å². The van der Waals surface area contributed by atoms with Crippen LogP contribution in [0.15, 0.2) is 11.6 Å². The van der Waals surface area contributed by atoms with E-state index in [-0.39, 0.29) is 34.5 Å². The van der Waals surface area contributed by atoms with Crippen LogP contribution in [0.5, 0.6) is 0 Å². The van der Waals surface area contributed by atoms with Crippen molar-refractivity contribution in [3.63, 3.8) is 0 Å². The van der Waals surface area contributed by atoms with Crippen LogP contribution in [0.25, 0.3) is 0 Å². The van der Waals surface area contributed by atoms with Gasteiger partial charge in [-0.2, -0.15) is 0 Å². The van der Waals surface area contributed by atoms with E-state index in [1.165, 1.54) is 0 Å². The maximum absolute atomic E-state index is 12.9. The van der Waals surface area contributed by atoms with Gasteiger partial charge >= 0.3 is 11.9 Å². The number of rotatable bonds is 19. The van der Waals surface area contributed by atoms with E-state index in [9.17, 15) is 81.1 Å². The number of carboxylic acid groups (broad SMARTS) is 1. The summed E-state index contributed by atoms with van der Waals surface area (Å²) in [4.78, 5) is 23.1. The lowest BCUT2D eigenvalue weighted by Gasteiger charge is -2.71. The summed E-state index contributed by atoms with van der Waals surface area (Å²) >= 11 is 0. The summed E-state index contributed by atoms with van der Waals surface area (Å²) in [6.07, 6.45) is -28.1. The average Bonchev–Trinajstić information content (AvgIpc) is 1.74. The predicted molar refractivity (Wildman–Crippen MR) is 282 cm³/mol. The summed E-state index contributed by atoms with van der Waals surface area (Å²) in [6, 6.07) is 0. The zero-order chi connectivity index (χ0) is 61.2. The third kappa shape index (κ3) is 12.5. The Morgan fingerprint density at radius 2 is 1.12 bits per heavy atom. The number of fused-ring (bicyclic) bond motifs is 5. The van der Waals surface area contributed by atoms with E-state index < -0.39 is 196 Å². The monoisotopic (exact) mass is 1190 g/mol. The zero-order valence-corrected chi connectivity index (χ0v) is 48.7. The molecule has 30 atom stereocenters. The molecule has 4 heterocycles. The first-order chi connectivity index (χ1) is 38.8. The first-order valence-electron chi connectivity index (χ1n) is 29.4. The van der Waals surface area contributed by atoms with Gasteiger partial charge in [-0.15, -0.1) is 0 Å². The molecule has 0 aromatic carbocycles. The van der Waals surface area contributed by atoms with Gasteiger partial charge in [-0.1, -0.05) is 46.3 Å². The van der Waals surface area contributed by atoms with Gasteiger partial charge in [0.1, 0.15) is 111 Å². The summed E-state index contributed by atoms with van der Waals surface area (Å²) in [6.45, 7) is 14.3. The van der Waals surface area contributed by atoms with Gasteiger partial charge in [0.15, 0.2) is 25.2 Å². The van der Waals surface area contributed by atoms with Gasteiger partial charge in [-0.25, -0.2) is 0 Å². The number of aliphatic hydroxyl groups excluding tert-OH is 14. The molecule has 8 aliphatic rings. The summed E-state index contributed by atoms with van der Waals surface area (Å²) in [5.41, 5.74) is -1.83. The summed E-state index contributed by atoms with van der Waals surface area (Å²) in [7, 11) is 0. The maximum atomic E-state index is 12.9. The lowest BCUT2D eigenvalue weighted by atomic mass is 9.35. The number of allylic oxidation sites excluding steroid dienone is 2. The lowest BCUT2D eigenvalue weighted by molar-refractivity contribution is -0.378. The highest BCUT2D eigenvalue weighted by molar-refractivity contribution is 5.90. The highest BCUT2D eigenvalue weighted by Crippen LogP contribution is 2.76. The molecule has 478 valence electrons. The SMILES string of the molecule is CC(C)=CCC[C@@](C)(O[C@@H]1O[C@H](CO[C@@H]2O[C@H](CO)[C@@H](O)[C@H](O)[C@H]2O)[C@@H](O)[C@H](O)[C@H]1O)[C@@H]1CC[C@]2(C)[C@@H]1[C@H](O)C[C@@H]1[C@@]3(C)CC[C@H](O[C@@H]4O[C@H](CO)[C@@H](O)[C@H](O)[C@H]4O[C@@H]4O[C@H](COC(=O)CC(=O)O)[C@@H](O)[C@H](O)[C@H]4O)C(C)(C)[C@H]3CC[C@]12C. The number of carbonyl (C=O) groups is 2. The van der Waals surface area contributed by atoms with Crippen molar-refractivity contribution in [2.75, 3.05) is 26.4 Å². The average molecular weight is 1200 g/mol. The Hall–Kier alpha value is -2.20. The molecular weight excluding hydrogens is 1100 g/mol. The first-order valence-corrected chi connectivity index (χ1v) is 29.4. The third-order valence-electron chi connectivity index (χ3n) is 21.4. The predicted octanol–water partition coefficient (Wildman–Crippen LogP) is -2.18. The minimum Gasteiger partial charge on any atom is -0.481 e. The van der Waals surface area contributed by atoms with Crippen LogP contribution >= 0.6 is 0 Å². The zero-order valence-electron chi connectivity index (χ0n) is 48.7. The van der Waals surface area contributed by atoms with Crippen molar-refractivity contribution in [3.8, 4) is 0 Å². The van der Waals surface area contributed by atoms with E-state index in [1.54, 1.807) is 0 Å². The van der Waals surface area contributed by atoms with Gasteiger partial charge in [0.2, 0.25) is 0 Å². The molecule has 4 saturated carbocycles. The molecule has 8 rings (SSSR count). The van der Waals surface area contributed by atoms with E-state index in [0.29, 0.717) is 38.5 Å². The molecule has 4 aliphatic heterocycles. The largest absolute Gasteiger partial charge is 0.481 e. The Balaban J connectivity index is 0.997. The highest BCUT2D eigenvalue weighted by atomic mass is 16.8. The Morgan fingerprint density at radius 3 is 1.72 bits per heavy atom. The molecule has 0 spiro atoms. The molecule has 0 unspecified atom stereocenters. The molecule has 83 heavy (non-hydrogen) atoms. The molecule has 0 radical (unpaired) electrons. The topological polar surface area (TPSA) is 421 Å². The lowest BCUT2D eigenvalue weighted by Crippen LogP contribution is -2.68. The Labute approximate surface area is 483 Å². The Kier molecular flexibility index (Phi) is 20.7. The molecule has 4 aliphatic carbocycles. The molecule has 0 aromatic rings. The van der Waals surface area contributed by atoms with Gasteiger partial charge in [0.25, 0.3) is 0 Å². The van der Waals surface area contributed by atoms with Crippen molar-refractivity contribution < 1.29 is 129 Å². The van der Waals surface area contributed by atoms with Crippen LogP contribution in [-0.2, 0) is 52.2 Å². The van der Waals surface area contributed by atoms with Crippen molar-refractivity contribution in [3.05, 3.63) is 11.6 Å². The second-order valence-electron chi connectivity index (χ2n) is 26.8. The molecule has 0 bridgehead atoms. The molecule has 8 fully saturated rings. The Morgan fingerprint density at radius 1 is 0.590 bits per heavy atom. The number of aliphatic carboxylic acids is 1. The fraction of sp³-hybridized carbons (Fsp3) is 0.930. The van der Waals surface area contributed by atoms with Crippen LogP contribution < -0.4 is 0 Å². The summed E-state index contributed by atoms with van der Waals surface area (Å²) in [5.74, 6) is -3.27. The molecule has 26 nitrogen and oxygen atoms in total. The van der Waals surface area contributed by atoms with Crippen molar-refractivity contribution in [1.29, 1.82) is 0 Å². The number of aliphatic hydroxyl groups is 14. The standard InChI is InChI=1S/C57H94O26/c1-24(2)10-9-14-57(8,83-51-47(74)43(70)40(67)30(80-51)23-76-49-45(72)41(68)37(64)27(20-58)77-49)25-11-16-56(7)36(25)26(60)18-32-54(5)15-13-33(53(3,4)31(54)12-17-55(32,56)6)81-52-48(44(71)38(65)28(21-59)78-52)82-50-46(73)42(69)39(66)29(79-50)22-75-35(63)19-34(61)62/h10,25-33,36-52,58-60,64-74H,9,11-23H2,1-8H3,(H,61,62)/t25-,26-,27-,28-,29-,30-,31-,32-,33+,36+,37-,38-,39-,40-,41+,42+,43+,44+,45-,46-,47-,48-,49-,50+,51+,52+,54+,55-,56-,57-/m1/s1. The van der Waals surface area contributed by atoms with Crippen LogP contribution in [0.2, 0.25) is 0 Å². The third-order valence-corrected chi connectivity index (χ3v) is 21.4. The molecule has 4 saturated heterocycles. The second-order valence-corrected chi connectivity index (χ2v) is 26.8. The van der Waals surface area contributed by atoms with Gasteiger partial charge in [-0.3, -0.25) is 9.59 Å². The second kappa shape index (κ2) is 25.7. The van der Waals surface area contributed by atoms with Gasteiger partial charge in [0.05, 0.1) is 37.6 Å². The summed E-state index contributed by atoms with van der Waals surface area (Å²) in [5, 5.41) is 162. The van der Waals surface area contributed by atoms with Gasteiger partial charge in [-0.05, 0) is 124 Å². The van der Waals surface area contributed by atoms with Crippen molar-refractivity contribution in [2.24, 2.45) is 45.3 Å². The molecule has 15 N–H and O–H groups in total. The summed E-state index contributed by atoms with van der Waals surface area (Å²) < 4.78 is 54.1. The van der Waals surface area contributed by atoms with Crippen LogP contribution in [0.3, 0.4) is 0 Å². The smallest absolute Gasteiger partial charge is 0.317 e. The van der Waals surface area contributed by atoms with Gasteiger partial charge < -0.3 is 119 Å².